The highest BCUT2D eigenvalue weighted by Crippen LogP contribution is 2.29. The zero-order valence-corrected chi connectivity index (χ0v) is 9.12. The van der Waals surface area contributed by atoms with Crippen molar-refractivity contribution in [3.05, 3.63) is 35.1 Å². The van der Waals surface area contributed by atoms with Crippen molar-refractivity contribution in [1.82, 2.24) is 0 Å². The topological polar surface area (TPSA) is 0 Å². The highest BCUT2D eigenvalue weighted by atomic mass is 35.5. The lowest BCUT2D eigenvalue weighted by Gasteiger charge is -2.10. The van der Waals surface area contributed by atoms with E-state index in [4.69, 9.17) is 11.6 Å². The average Bonchev–Trinajstić information content (AvgIpc) is 2.20. The first-order chi connectivity index (χ1) is 7.06. The molecule has 1 rings (SSSR count). The van der Waals surface area contributed by atoms with Crippen molar-refractivity contribution in [3.63, 3.8) is 0 Å². The van der Waals surface area contributed by atoms with E-state index in [2.05, 4.69) is 0 Å². The van der Waals surface area contributed by atoms with E-state index in [1.165, 1.54) is 0 Å². The van der Waals surface area contributed by atoms with Crippen molar-refractivity contribution in [2.24, 2.45) is 0 Å². The number of hydrogen-bond acceptors (Lipinski definition) is 0. The molecule has 0 spiro atoms. The van der Waals surface area contributed by atoms with Crippen LogP contribution < -0.4 is 0 Å². The van der Waals surface area contributed by atoms with Crippen LogP contribution in [0.5, 0.6) is 0 Å². The minimum absolute atomic E-state index is 0.0315. The molecule has 84 valence electrons. The lowest BCUT2D eigenvalue weighted by Crippen LogP contribution is -1.98. The Morgan fingerprint density at radius 2 is 1.73 bits per heavy atom. The summed E-state index contributed by atoms with van der Waals surface area (Å²) in [4.78, 5) is 0. The first-order valence-corrected chi connectivity index (χ1v) is 5.28. The number of benzene rings is 1. The summed E-state index contributed by atoms with van der Waals surface area (Å²) in [6.07, 6.45) is 2.31. The summed E-state index contributed by atoms with van der Waals surface area (Å²) in [5.74, 6) is -3.03. The zero-order valence-electron chi connectivity index (χ0n) is 8.37. The smallest absolute Gasteiger partial charge is 0.161 e. The van der Waals surface area contributed by atoms with Crippen LogP contribution in [0.1, 0.15) is 37.1 Å². The Bertz CT molecular complexity index is 339. The lowest BCUT2D eigenvalue weighted by molar-refractivity contribution is 0.487. The summed E-state index contributed by atoms with van der Waals surface area (Å²) >= 11 is 5.89. The molecule has 4 heteroatoms. The maximum atomic E-state index is 13.2. The van der Waals surface area contributed by atoms with Gasteiger partial charge >= 0.3 is 0 Å². The third-order valence-electron chi connectivity index (χ3n) is 2.19. The average molecular weight is 237 g/mol. The molecule has 0 aliphatic carbocycles. The minimum atomic E-state index is -1.18. The summed E-state index contributed by atoms with van der Waals surface area (Å²) in [6, 6.07) is 1.37. The molecular formula is C11H12ClF3. The summed E-state index contributed by atoms with van der Waals surface area (Å²) < 4.78 is 38.7. The van der Waals surface area contributed by atoms with Crippen LogP contribution >= 0.6 is 11.6 Å². The van der Waals surface area contributed by atoms with E-state index in [9.17, 15) is 13.2 Å². The quantitative estimate of drug-likeness (QED) is 0.531. The molecule has 1 aromatic carbocycles. The van der Waals surface area contributed by atoms with Gasteiger partial charge in [-0.15, -0.1) is 11.6 Å². The normalized spacial score (nSPS) is 12.9. The molecule has 0 radical (unpaired) electrons. The first kappa shape index (κ1) is 12.4. The molecule has 0 saturated carbocycles. The maximum absolute atomic E-state index is 13.2. The molecule has 0 fully saturated rings. The Hall–Kier alpha value is -0.700. The van der Waals surface area contributed by atoms with Crippen LogP contribution in [0.4, 0.5) is 13.2 Å². The van der Waals surface area contributed by atoms with E-state index in [-0.39, 0.29) is 5.56 Å². The van der Waals surface area contributed by atoms with Crippen molar-refractivity contribution in [2.75, 3.05) is 0 Å². The van der Waals surface area contributed by atoms with Crippen LogP contribution in [-0.4, -0.2) is 0 Å². The number of halogens is 4. The van der Waals surface area contributed by atoms with Crippen molar-refractivity contribution >= 4 is 11.6 Å². The number of alkyl halides is 1. The molecule has 0 heterocycles. The van der Waals surface area contributed by atoms with Gasteiger partial charge in [-0.3, -0.25) is 0 Å². The first-order valence-electron chi connectivity index (χ1n) is 4.84. The second-order valence-corrected chi connectivity index (χ2v) is 3.92. The molecule has 0 N–H and O–H groups in total. The Morgan fingerprint density at radius 1 is 1.13 bits per heavy atom. The third kappa shape index (κ3) is 3.13. The monoisotopic (exact) mass is 236 g/mol. The van der Waals surface area contributed by atoms with E-state index >= 15 is 0 Å². The number of unbranched alkanes of at least 4 members (excludes halogenated alkanes) is 1. The highest BCUT2D eigenvalue weighted by molar-refractivity contribution is 6.20. The van der Waals surface area contributed by atoms with E-state index in [1.54, 1.807) is 0 Å². The molecule has 0 nitrogen and oxygen atoms in total. The second kappa shape index (κ2) is 5.40. The molecule has 1 atom stereocenters. The van der Waals surface area contributed by atoms with E-state index < -0.39 is 22.8 Å². The largest absolute Gasteiger partial charge is 0.207 e. The van der Waals surface area contributed by atoms with Crippen LogP contribution in [-0.2, 0) is 0 Å². The van der Waals surface area contributed by atoms with Gasteiger partial charge in [0.1, 0.15) is 5.82 Å². The van der Waals surface area contributed by atoms with Gasteiger partial charge in [0.05, 0.1) is 5.38 Å². The van der Waals surface area contributed by atoms with Crippen molar-refractivity contribution in [2.45, 2.75) is 31.6 Å². The summed E-state index contributed by atoms with van der Waals surface area (Å²) in [6.45, 7) is 1.98. The summed E-state index contributed by atoms with van der Waals surface area (Å²) in [5.41, 5.74) is 0.0315. The zero-order chi connectivity index (χ0) is 11.4. The Morgan fingerprint density at radius 3 is 2.33 bits per heavy atom. The van der Waals surface area contributed by atoms with Gasteiger partial charge in [-0.1, -0.05) is 19.8 Å². The molecule has 0 aliphatic heterocycles. The predicted octanol–water partition coefficient (Wildman–Crippen LogP) is 4.57. The fourth-order valence-electron chi connectivity index (χ4n) is 1.32. The van der Waals surface area contributed by atoms with Gasteiger partial charge in [-0.2, -0.15) is 0 Å². The Labute approximate surface area is 92.1 Å². The molecule has 0 amide bonds. The van der Waals surface area contributed by atoms with E-state index in [0.29, 0.717) is 12.5 Å². The maximum Gasteiger partial charge on any atom is 0.161 e. The van der Waals surface area contributed by atoms with Crippen LogP contribution in [0.25, 0.3) is 0 Å². The number of hydrogen-bond donors (Lipinski definition) is 0. The molecular weight excluding hydrogens is 225 g/mol. The third-order valence-corrected chi connectivity index (χ3v) is 2.64. The molecule has 1 aromatic rings. The fourth-order valence-corrected chi connectivity index (χ4v) is 1.64. The van der Waals surface area contributed by atoms with Gasteiger partial charge in [-0.25, -0.2) is 13.2 Å². The standard InChI is InChI=1S/C11H12ClF3/c1-2-3-4-8(12)7-5-10(14)11(15)6-9(7)13/h5-6,8H,2-4H2,1H3. The molecule has 15 heavy (non-hydrogen) atoms. The van der Waals surface area contributed by atoms with Crippen LogP contribution in [0.15, 0.2) is 12.1 Å². The van der Waals surface area contributed by atoms with Gasteiger partial charge in [-0.05, 0) is 12.5 Å². The van der Waals surface area contributed by atoms with Gasteiger partial charge in [0, 0.05) is 11.6 Å². The summed E-state index contributed by atoms with van der Waals surface area (Å²) in [5, 5.41) is -0.597. The SMILES string of the molecule is CCCCC(Cl)c1cc(F)c(F)cc1F. The molecule has 1 unspecified atom stereocenters. The molecule has 0 aromatic heterocycles. The van der Waals surface area contributed by atoms with Gasteiger partial charge in [0.25, 0.3) is 0 Å². The molecule has 0 saturated heterocycles. The molecule has 0 aliphatic rings. The van der Waals surface area contributed by atoms with Crippen molar-refractivity contribution in [3.8, 4) is 0 Å². The van der Waals surface area contributed by atoms with Crippen LogP contribution in [0, 0.1) is 17.5 Å². The predicted molar refractivity (Wildman–Crippen MR) is 54.4 cm³/mol. The van der Waals surface area contributed by atoms with E-state index in [1.807, 2.05) is 6.92 Å². The molecule has 0 bridgehead atoms. The van der Waals surface area contributed by atoms with Gasteiger partial charge < -0.3 is 0 Å². The van der Waals surface area contributed by atoms with Crippen molar-refractivity contribution < 1.29 is 13.2 Å². The highest BCUT2D eigenvalue weighted by Gasteiger charge is 2.16. The Balaban J connectivity index is 2.88. The van der Waals surface area contributed by atoms with Crippen LogP contribution in [0.3, 0.4) is 0 Å². The fraction of sp³-hybridized carbons (Fsp3) is 0.455. The van der Waals surface area contributed by atoms with Crippen molar-refractivity contribution in [1.29, 1.82) is 0 Å². The Kier molecular flexibility index (Phi) is 4.45. The second-order valence-electron chi connectivity index (χ2n) is 3.40. The van der Waals surface area contributed by atoms with Gasteiger partial charge in [0.15, 0.2) is 11.6 Å². The summed E-state index contributed by atoms with van der Waals surface area (Å²) in [7, 11) is 0. The van der Waals surface area contributed by atoms with Crippen LogP contribution in [0.2, 0.25) is 0 Å². The van der Waals surface area contributed by atoms with E-state index in [0.717, 1.165) is 18.9 Å². The minimum Gasteiger partial charge on any atom is -0.207 e. The number of rotatable bonds is 4. The lowest BCUT2D eigenvalue weighted by atomic mass is 10.1. The van der Waals surface area contributed by atoms with Gasteiger partial charge in [0.2, 0.25) is 0 Å².